The molecule has 0 aliphatic carbocycles. The summed E-state index contributed by atoms with van der Waals surface area (Å²) < 4.78 is 1.39. The van der Waals surface area contributed by atoms with E-state index in [9.17, 15) is 9.59 Å². The van der Waals surface area contributed by atoms with Gasteiger partial charge in [0.05, 0.1) is 17.2 Å². The van der Waals surface area contributed by atoms with Crippen molar-refractivity contribution in [1.29, 1.82) is 0 Å². The number of aryl methyl sites for hydroxylation is 1. The lowest BCUT2D eigenvalue weighted by atomic mass is 10.1. The van der Waals surface area contributed by atoms with E-state index in [4.69, 9.17) is 0 Å². The zero-order valence-electron chi connectivity index (χ0n) is 7.60. The molecule has 0 atom stereocenters. The lowest BCUT2D eigenvalue weighted by molar-refractivity contribution is 0.112. The number of benzene rings is 1. The third kappa shape index (κ3) is 1.12. The average Bonchev–Trinajstić information content (AvgIpc) is 2.23. The highest BCUT2D eigenvalue weighted by atomic mass is 16.1. The molecule has 0 bridgehead atoms. The molecule has 2 rings (SSSR count). The molecule has 0 saturated carbocycles. The van der Waals surface area contributed by atoms with Gasteiger partial charge in [-0.15, -0.1) is 0 Å². The molecule has 0 aliphatic heterocycles. The van der Waals surface area contributed by atoms with Crippen molar-refractivity contribution in [3.05, 3.63) is 40.4 Å². The summed E-state index contributed by atoms with van der Waals surface area (Å²) >= 11 is 0. The van der Waals surface area contributed by atoms with Gasteiger partial charge >= 0.3 is 0 Å². The van der Waals surface area contributed by atoms with E-state index in [2.05, 4.69) is 4.98 Å². The summed E-state index contributed by atoms with van der Waals surface area (Å²) in [6.45, 7) is 0. The third-order valence-corrected chi connectivity index (χ3v) is 2.10. The summed E-state index contributed by atoms with van der Waals surface area (Å²) in [5, 5.41) is 0.472. The van der Waals surface area contributed by atoms with Crippen molar-refractivity contribution in [3.63, 3.8) is 0 Å². The van der Waals surface area contributed by atoms with Gasteiger partial charge in [0.1, 0.15) is 0 Å². The van der Waals surface area contributed by atoms with Crippen LogP contribution in [0, 0.1) is 0 Å². The standard InChI is InChI=1S/C10H8N2O2/c1-12-6-11-9-7(5-13)3-2-4-8(9)10(12)14/h2-6H,1H3. The minimum absolute atomic E-state index is 0.140. The van der Waals surface area contributed by atoms with E-state index < -0.39 is 0 Å². The van der Waals surface area contributed by atoms with E-state index in [1.54, 1.807) is 25.2 Å². The van der Waals surface area contributed by atoms with Gasteiger partial charge in [-0.3, -0.25) is 9.59 Å². The van der Waals surface area contributed by atoms with Gasteiger partial charge in [0.25, 0.3) is 5.56 Å². The molecular formula is C10H8N2O2. The van der Waals surface area contributed by atoms with Gasteiger partial charge in [-0.2, -0.15) is 0 Å². The molecule has 0 aliphatic rings. The molecular weight excluding hydrogens is 180 g/mol. The monoisotopic (exact) mass is 188 g/mol. The van der Waals surface area contributed by atoms with E-state index in [1.807, 2.05) is 0 Å². The zero-order valence-corrected chi connectivity index (χ0v) is 7.60. The first kappa shape index (κ1) is 8.62. The molecule has 0 fully saturated rings. The Bertz CT molecular complexity index is 558. The Hall–Kier alpha value is -1.97. The Morgan fingerprint density at radius 2 is 2.21 bits per heavy atom. The minimum Gasteiger partial charge on any atom is -0.302 e. The van der Waals surface area contributed by atoms with Crippen LogP contribution in [-0.4, -0.2) is 15.8 Å². The van der Waals surface area contributed by atoms with Crippen LogP contribution in [0.4, 0.5) is 0 Å². The van der Waals surface area contributed by atoms with Crippen molar-refractivity contribution >= 4 is 17.2 Å². The van der Waals surface area contributed by atoms with E-state index in [0.29, 0.717) is 22.8 Å². The van der Waals surface area contributed by atoms with Gasteiger partial charge in [-0.1, -0.05) is 6.07 Å². The third-order valence-electron chi connectivity index (χ3n) is 2.10. The molecule has 0 unspecified atom stereocenters. The van der Waals surface area contributed by atoms with Crippen LogP contribution in [0.15, 0.2) is 29.3 Å². The first-order valence-corrected chi connectivity index (χ1v) is 4.13. The molecule has 0 amide bonds. The van der Waals surface area contributed by atoms with Crippen LogP contribution < -0.4 is 5.56 Å². The molecule has 0 radical (unpaired) electrons. The number of aldehydes is 1. The number of carbonyl (C=O) groups excluding carboxylic acids is 1. The Kier molecular flexibility index (Phi) is 1.89. The lowest BCUT2D eigenvalue weighted by Crippen LogP contribution is -2.17. The number of rotatable bonds is 1. The highest BCUT2D eigenvalue weighted by molar-refractivity contribution is 5.94. The van der Waals surface area contributed by atoms with Crippen LogP contribution in [0.1, 0.15) is 10.4 Å². The second kappa shape index (κ2) is 3.06. The molecule has 70 valence electrons. The number of carbonyl (C=O) groups is 1. The SMILES string of the molecule is Cn1cnc2c(C=O)cccc2c1=O. The number of fused-ring (bicyclic) bond motifs is 1. The summed E-state index contributed by atoms with van der Waals surface area (Å²) in [6.07, 6.45) is 2.12. The number of hydrogen-bond donors (Lipinski definition) is 0. The van der Waals surface area contributed by atoms with Gasteiger partial charge in [0.2, 0.25) is 0 Å². The van der Waals surface area contributed by atoms with Crippen LogP contribution in [0.3, 0.4) is 0 Å². The van der Waals surface area contributed by atoms with Gasteiger partial charge in [0.15, 0.2) is 6.29 Å². The lowest BCUT2D eigenvalue weighted by Gasteiger charge is -2.01. The Morgan fingerprint density at radius 3 is 2.93 bits per heavy atom. The molecule has 1 aromatic carbocycles. The summed E-state index contributed by atoms with van der Waals surface area (Å²) in [4.78, 5) is 26.3. The molecule has 1 aromatic heterocycles. The van der Waals surface area contributed by atoms with E-state index in [-0.39, 0.29) is 5.56 Å². The van der Waals surface area contributed by atoms with E-state index in [0.717, 1.165) is 0 Å². The normalized spacial score (nSPS) is 10.4. The summed E-state index contributed by atoms with van der Waals surface area (Å²) in [5.74, 6) is 0. The average molecular weight is 188 g/mol. The second-order valence-electron chi connectivity index (χ2n) is 3.02. The molecule has 14 heavy (non-hydrogen) atoms. The predicted molar refractivity (Wildman–Crippen MR) is 52.4 cm³/mol. The van der Waals surface area contributed by atoms with Crippen molar-refractivity contribution in [2.24, 2.45) is 7.05 Å². The fourth-order valence-electron chi connectivity index (χ4n) is 1.36. The zero-order chi connectivity index (χ0) is 10.1. The molecule has 0 N–H and O–H groups in total. The molecule has 0 spiro atoms. The van der Waals surface area contributed by atoms with Crippen molar-refractivity contribution in [2.45, 2.75) is 0 Å². The van der Waals surface area contributed by atoms with E-state index >= 15 is 0 Å². The smallest absolute Gasteiger partial charge is 0.260 e. The van der Waals surface area contributed by atoms with Gasteiger partial charge in [-0.05, 0) is 12.1 Å². The highest BCUT2D eigenvalue weighted by Gasteiger charge is 2.04. The largest absolute Gasteiger partial charge is 0.302 e. The van der Waals surface area contributed by atoms with Crippen molar-refractivity contribution in [2.75, 3.05) is 0 Å². The Balaban J connectivity index is 3.00. The van der Waals surface area contributed by atoms with Crippen LogP contribution in [-0.2, 0) is 7.05 Å². The fraction of sp³-hybridized carbons (Fsp3) is 0.100. The number of hydrogen-bond acceptors (Lipinski definition) is 3. The van der Waals surface area contributed by atoms with E-state index in [1.165, 1.54) is 10.9 Å². The van der Waals surface area contributed by atoms with Crippen molar-refractivity contribution in [3.8, 4) is 0 Å². The first-order valence-electron chi connectivity index (χ1n) is 4.13. The van der Waals surface area contributed by atoms with Crippen LogP contribution >= 0.6 is 0 Å². The fourth-order valence-corrected chi connectivity index (χ4v) is 1.36. The quantitative estimate of drug-likeness (QED) is 0.620. The van der Waals surface area contributed by atoms with Crippen LogP contribution in [0.5, 0.6) is 0 Å². The molecule has 2 aromatic rings. The Labute approximate surface area is 79.8 Å². The predicted octanol–water partition coefficient (Wildman–Crippen LogP) is 0.746. The van der Waals surface area contributed by atoms with Crippen molar-refractivity contribution < 1.29 is 4.79 Å². The molecule has 4 nitrogen and oxygen atoms in total. The van der Waals surface area contributed by atoms with Crippen LogP contribution in [0.2, 0.25) is 0 Å². The minimum atomic E-state index is -0.140. The van der Waals surface area contributed by atoms with Gasteiger partial charge in [0, 0.05) is 12.6 Å². The summed E-state index contributed by atoms with van der Waals surface area (Å²) in [5.41, 5.74) is 0.768. The summed E-state index contributed by atoms with van der Waals surface area (Å²) in [7, 11) is 1.63. The van der Waals surface area contributed by atoms with Crippen LogP contribution in [0.25, 0.3) is 10.9 Å². The maximum Gasteiger partial charge on any atom is 0.260 e. The molecule has 0 saturated heterocycles. The second-order valence-corrected chi connectivity index (χ2v) is 3.02. The summed E-state index contributed by atoms with van der Waals surface area (Å²) in [6, 6.07) is 4.98. The highest BCUT2D eigenvalue weighted by Crippen LogP contribution is 2.09. The van der Waals surface area contributed by atoms with Crippen molar-refractivity contribution in [1.82, 2.24) is 9.55 Å². The first-order chi connectivity index (χ1) is 6.74. The molecule has 1 heterocycles. The number of aromatic nitrogens is 2. The molecule has 4 heteroatoms. The number of nitrogens with zero attached hydrogens (tertiary/aromatic N) is 2. The number of para-hydroxylation sites is 1. The maximum absolute atomic E-state index is 11.6. The topological polar surface area (TPSA) is 52.0 Å². The van der Waals surface area contributed by atoms with Gasteiger partial charge in [-0.25, -0.2) is 4.98 Å². The van der Waals surface area contributed by atoms with Gasteiger partial charge < -0.3 is 4.57 Å². The Morgan fingerprint density at radius 1 is 1.43 bits per heavy atom. The maximum atomic E-state index is 11.6.